The predicted molar refractivity (Wildman–Crippen MR) is 39.6 cm³/mol. The zero-order valence-electron chi connectivity index (χ0n) is 6.01. The van der Waals surface area contributed by atoms with E-state index in [1.807, 2.05) is 5.92 Å². The molecule has 0 radical (unpaired) electrons. The number of hydrogen-bond acceptors (Lipinski definition) is 3. The summed E-state index contributed by atoms with van der Waals surface area (Å²) < 4.78 is 35.9. The Labute approximate surface area is 75.6 Å². The summed E-state index contributed by atoms with van der Waals surface area (Å²) in [6, 6.07) is 1.49. The molecule has 0 amide bonds. The van der Waals surface area contributed by atoms with Gasteiger partial charge < -0.3 is 0 Å². The van der Waals surface area contributed by atoms with Crippen LogP contribution in [0.1, 0.15) is 10.7 Å². The third-order valence-electron chi connectivity index (χ3n) is 1.02. The average Bonchev–Trinajstić information content (AvgIpc) is 2.47. The molecule has 0 aliphatic heterocycles. The quantitative estimate of drug-likeness (QED) is 0.603. The van der Waals surface area contributed by atoms with Gasteiger partial charge in [0.05, 0.1) is 0 Å². The Morgan fingerprint density at radius 1 is 1.46 bits per heavy atom. The highest BCUT2D eigenvalue weighted by Crippen LogP contribution is 2.29. The molecule has 6 heteroatoms. The fraction of sp³-hybridized carbons (Fsp3) is 0.143. The molecule has 0 unspecified atom stereocenters. The molecule has 0 bridgehead atoms. The van der Waals surface area contributed by atoms with Crippen molar-refractivity contribution in [3.8, 4) is 17.9 Å². The van der Waals surface area contributed by atoms with Crippen LogP contribution in [-0.4, -0.2) is 4.98 Å². The van der Waals surface area contributed by atoms with E-state index in [4.69, 9.17) is 5.26 Å². The van der Waals surface area contributed by atoms with Crippen molar-refractivity contribution in [2.45, 2.75) is 6.18 Å². The van der Waals surface area contributed by atoms with Crippen LogP contribution in [0.25, 0.3) is 0 Å². The highest BCUT2D eigenvalue weighted by molar-refractivity contribution is 7.10. The molecule has 66 valence electrons. The van der Waals surface area contributed by atoms with E-state index in [9.17, 15) is 13.2 Å². The van der Waals surface area contributed by atoms with Gasteiger partial charge in [-0.3, -0.25) is 0 Å². The van der Waals surface area contributed by atoms with Crippen LogP contribution in [0.3, 0.4) is 0 Å². The summed E-state index contributed by atoms with van der Waals surface area (Å²) in [5.41, 5.74) is -0.972. The number of alkyl halides is 3. The van der Waals surface area contributed by atoms with Crippen LogP contribution in [0.15, 0.2) is 5.38 Å². The summed E-state index contributed by atoms with van der Waals surface area (Å²) in [7, 11) is 0. The van der Waals surface area contributed by atoms with Gasteiger partial charge in [-0.15, -0.1) is 11.3 Å². The average molecular weight is 202 g/mol. The Morgan fingerprint density at radius 3 is 2.62 bits per heavy atom. The van der Waals surface area contributed by atoms with Crippen molar-refractivity contribution in [2.24, 2.45) is 0 Å². The normalized spacial score (nSPS) is 10.0. The third kappa shape index (κ3) is 2.46. The molecule has 0 spiro atoms. The van der Waals surface area contributed by atoms with E-state index < -0.39 is 11.9 Å². The Balaban J connectivity index is 2.95. The fourth-order valence-electron chi connectivity index (χ4n) is 0.543. The molecule has 0 saturated carbocycles. The zero-order valence-corrected chi connectivity index (χ0v) is 6.83. The summed E-state index contributed by atoms with van der Waals surface area (Å²) in [6.07, 6.45) is -4.44. The molecule has 0 saturated heterocycles. The van der Waals surface area contributed by atoms with Crippen LogP contribution >= 0.6 is 11.3 Å². The van der Waals surface area contributed by atoms with E-state index in [1.54, 1.807) is 0 Å². The van der Waals surface area contributed by atoms with Crippen molar-refractivity contribution < 1.29 is 13.2 Å². The van der Waals surface area contributed by atoms with Crippen molar-refractivity contribution >= 4 is 11.3 Å². The van der Waals surface area contributed by atoms with Crippen LogP contribution in [0, 0.1) is 23.2 Å². The molecular weight excluding hydrogens is 201 g/mol. The highest BCUT2D eigenvalue weighted by atomic mass is 32.1. The number of rotatable bonds is 0. The van der Waals surface area contributed by atoms with Gasteiger partial charge in [-0.05, 0) is 5.92 Å². The van der Waals surface area contributed by atoms with E-state index in [0.717, 1.165) is 16.7 Å². The molecule has 0 aliphatic rings. The van der Waals surface area contributed by atoms with Gasteiger partial charge in [-0.2, -0.15) is 18.4 Å². The van der Waals surface area contributed by atoms with Crippen molar-refractivity contribution in [1.29, 1.82) is 5.26 Å². The second kappa shape index (κ2) is 3.46. The second-order valence-electron chi connectivity index (χ2n) is 1.90. The van der Waals surface area contributed by atoms with Gasteiger partial charge in [-0.1, -0.05) is 0 Å². The van der Waals surface area contributed by atoms with Gasteiger partial charge in [-0.25, -0.2) is 4.98 Å². The number of hydrogen-bond donors (Lipinski definition) is 0. The van der Waals surface area contributed by atoms with Crippen LogP contribution in [-0.2, 0) is 6.18 Å². The molecule has 2 nitrogen and oxygen atoms in total. The van der Waals surface area contributed by atoms with Gasteiger partial charge in [0.1, 0.15) is 0 Å². The Kier molecular flexibility index (Phi) is 2.54. The molecule has 1 aromatic heterocycles. The first kappa shape index (κ1) is 9.56. The molecule has 0 aliphatic carbocycles. The SMILES string of the molecule is N#CC#Cc1nc(C(F)(F)F)cs1. The van der Waals surface area contributed by atoms with Crippen LogP contribution < -0.4 is 0 Å². The number of nitrogens with zero attached hydrogens (tertiary/aromatic N) is 2. The molecule has 1 aromatic rings. The van der Waals surface area contributed by atoms with Crippen LogP contribution in [0.4, 0.5) is 13.2 Å². The van der Waals surface area contributed by atoms with Crippen molar-refractivity contribution in [2.75, 3.05) is 0 Å². The first-order chi connectivity index (χ1) is 6.04. The first-order valence-corrected chi connectivity index (χ1v) is 3.85. The van der Waals surface area contributed by atoms with E-state index >= 15 is 0 Å². The highest BCUT2D eigenvalue weighted by Gasteiger charge is 2.33. The third-order valence-corrected chi connectivity index (χ3v) is 1.78. The van der Waals surface area contributed by atoms with Crippen LogP contribution in [0.2, 0.25) is 0 Å². The van der Waals surface area contributed by atoms with E-state index in [2.05, 4.69) is 10.9 Å². The monoisotopic (exact) mass is 202 g/mol. The van der Waals surface area contributed by atoms with Crippen molar-refractivity contribution in [1.82, 2.24) is 4.98 Å². The van der Waals surface area contributed by atoms with Gasteiger partial charge in [0.2, 0.25) is 0 Å². The lowest BCUT2D eigenvalue weighted by molar-refractivity contribution is -0.140. The lowest BCUT2D eigenvalue weighted by atomic mass is 10.5. The summed E-state index contributed by atoms with van der Waals surface area (Å²) in [5, 5.41) is 8.88. The molecule has 0 fully saturated rings. The van der Waals surface area contributed by atoms with E-state index in [0.29, 0.717) is 0 Å². The smallest absolute Gasteiger partial charge is 0.223 e. The number of thiazole rings is 1. The summed E-state index contributed by atoms with van der Waals surface area (Å²) in [6.45, 7) is 0. The minimum Gasteiger partial charge on any atom is -0.223 e. The predicted octanol–water partition coefficient (Wildman–Crippen LogP) is 2.04. The molecular formula is C7HF3N2S. The summed E-state index contributed by atoms with van der Waals surface area (Å²) in [5.74, 6) is 4.15. The second-order valence-corrected chi connectivity index (χ2v) is 2.76. The lowest BCUT2D eigenvalue weighted by Gasteiger charge is -1.98. The van der Waals surface area contributed by atoms with Crippen LogP contribution in [0.5, 0.6) is 0 Å². The number of halogens is 3. The topological polar surface area (TPSA) is 36.7 Å². The minimum atomic E-state index is -4.44. The van der Waals surface area contributed by atoms with Crippen molar-refractivity contribution in [3.05, 3.63) is 16.1 Å². The Morgan fingerprint density at radius 2 is 2.15 bits per heavy atom. The maximum Gasteiger partial charge on any atom is 0.434 e. The van der Waals surface area contributed by atoms with E-state index in [-0.39, 0.29) is 5.01 Å². The van der Waals surface area contributed by atoms with Gasteiger partial charge in [0.15, 0.2) is 16.8 Å². The largest absolute Gasteiger partial charge is 0.434 e. The molecule has 13 heavy (non-hydrogen) atoms. The maximum absolute atomic E-state index is 12.0. The van der Waals surface area contributed by atoms with Gasteiger partial charge >= 0.3 is 6.18 Å². The van der Waals surface area contributed by atoms with Gasteiger partial charge in [0, 0.05) is 11.3 Å². The lowest BCUT2D eigenvalue weighted by Crippen LogP contribution is -2.04. The van der Waals surface area contributed by atoms with Crippen molar-refractivity contribution in [3.63, 3.8) is 0 Å². The molecule has 0 atom stereocenters. The minimum absolute atomic E-state index is 0.00567. The Bertz CT molecular complexity index is 402. The Hall–Kier alpha value is -1.53. The number of aromatic nitrogens is 1. The first-order valence-electron chi connectivity index (χ1n) is 2.97. The summed E-state index contributed by atoms with van der Waals surface area (Å²) >= 11 is 0.761. The fourth-order valence-corrected chi connectivity index (χ4v) is 1.21. The van der Waals surface area contributed by atoms with E-state index in [1.165, 1.54) is 6.07 Å². The van der Waals surface area contributed by atoms with Gasteiger partial charge in [0.25, 0.3) is 0 Å². The number of nitriles is 1. The standard InChI is InChI=1S/C7HF3N2S/c8-7(9,10)5-4-13-6(12-5)2-1-3-11/h4H. The molecule has 0 N–H and O–H groups in total. The molecule has 0 aromatic carbocycles. The molecule has 1 rings (SSSR count). The molecule has 1 heterocycles. The maximum atomic E-state index is 12.0. The summed E-state index contributed by atoms with van der Waals surface area (Å²) in [4.78, 5) is 3.19. The zero-order chi connectivity index (χ0) is 9.90.